The van der Waals surface area contributed by atoms with Crippen LogP contribution in [0.4, 0.5) is 0 Å². The average Bonchev–Trinajstić information content (AvgIpc) is 2.40. The summed E-state index contributed by atoms with van der Waals surface area (Å²) in [5.41, 5.74) is 0.342. The second kappa shape index (κ2) is 5.23. The summed E-state index contributed by atoms with van der Waals surface area (Å²) in [6.07, 6.45) is 1.60. The van der Waals surface area contributed by atoms with Gasteiger partial charge in [-0.2, -0.15) is 15.5 Å². The van der Waals surface area contributed by atoms with Crippen LogP contribution in [0.2, 0.25) is 0 Å². The predicted octanol–water partition coefficient (Wildman–Crippen LogP) is 1.80. The van der Waals surface area contributed by atoms with E-state index in [1.54, 1.807) is 13.1 Å². The molecule has 0 aliphatic rings. The van der Waals surface area contributed by atoms with Gasteiger partial charge in [0.25, 0.3) is 0 Å². The number of carbonyl (C=O) groups is 1. The van der Waals surface area contributed by atoms with E-state index >= 15 is 0 Å². The van der Waals surface area contributed by atoms with Gasteiger partial charge < -0.3 is 4.74 Å². The maximum Gasteiger partial charge on any atom is 0.329 e. The number of hydrogen-bond acceptors (Lipinski definition) is 5. The van der Waals surface area contributed by atoms with Crippen molar-refractivity contribution in [1.29, 1.82) is 5.26 Å². The van der Waals surface area contributed by atoms with E-state index in [0.717, 1.165) is 10.8 Å². The van der Waals surface area contributed by atoms with E-state index in [2.05, 4.69) is 10.2 Å². The summed E-state index contributed by atoms with van der Waals surface area (Å²) in [4.78, 5) is 11.7. The Morgan fingerprint density at radius 2 is 2.28 bits per heavy atom. The Kier molecular flexibility index (Phi) is 3.49. The molecule has 0 saturated heterocycles. The molecule has 1 aromatic heterocycles. The summed E-state index contributed by atoms with van der Waals surface area (Å²) >= 11 is 0. The molecule has 2 aromatic rings. The van der Waals surface area contributed by atoms with Crippen LogP contribution in [0, 0.1) is 11.3 Å². The number of rotatable bonds is 3. The minimum absolute atomic E-state index is 0.231. The van der Waals surface area contributed by atoms with Crippen LogP contribution < -0.4 is 0 Å². The van der Waals surface area contributed by atoms with E-state index in [1.807, 2.05) is 30.3 Å². The highest BCUT2D eigenvalue weighted by molar-refractivity contribution is 5.90. The number of nitrogens with zero attached hydrogens (tertiary/aromatic N) is 3. The first-order valence-corrected chi connectivity index (χ1v) is 5.54. The third-order valence-corrected chi connectivity index (χ3v) is 2.52. The summed E-state index contributed by atoms with van der Waals surface area (Å²) in [5, 5.41) is 18.4. The number of carbonyl (C=O) groups excluding carboxylic acids is 1. The van der Waals surface area contributed by atoms with Crippen molar-refractivity contribution in [3.63, 3.8) is 0 Å². The van der Waals surface area contributed by atoms with Gasteiger partial charge in [0.2, 0.25) is 0 Å². The molecule has 5 nitrogen and oxygen atoms in total. The van der Waals surface area contributed by atoms with Gasteiger partial charge in [0.15, 0.2) is 5.92 Å². The molecule has 1 atom stereocenters. The number of hydrogen-bond donors (Lipinski definition) is 0. The van der Waals surface area contributed by atoms with Crippen molar-refractivity contribution in [2.75, 3.05) is 6.61 Å². The van der Waals surface area contributed by atoms with Crippen molar-refractivity contribution in [2.24, 2.45) is 0 Å². The Morgan fingerprint density at radius 3 is 3.00 bits per heavy atom. The molecule has 0 N–H and O–H groups in total. The van der Waals surface area contributed by atoms with Gasteiger partial charge >= 0.3 is 5.97 Å². The highest BCUT2D eigenvalue weighted by Crippen LogP contribution is 2.23. The van der Waals surface area contributed by atoms with Crippen molar-refractivity contribution < 1.29 is 9.53 Å². The van der Waals surface area contributed by atoms with Crippen LogP contribution in [-0.2, 0) is 9.53 Å². The molecule has 0 fully saturated rings. The highest BCUT2D eigenvalue weighted by Gasteiger charge is 2.25. The number of aromatic nitrogens is 2. The molecule has 0 saturated carbocycles. The van der Waals surface area contributed by atoms with Crippen LogP contribution in [0.5, 0.6) is 0 Å². The Hall–Kier alpha value is -2.48. The highest BCUT2D eigenvalue weighted by atomic mass is 16.5. The molecule has 1 unspecified atom stereocenters. The lowest BCUT2D eigenvalue weighted by molar-refractivity contribution is -0.143. The summed E-state index contributed by atoms with van der Waals surface area (Å²) < 4.78 is 4.87. The second-order valence-corrected chi connectivity index (χ2v) is 3.63. The summed E-state index contributed by atoms with van der Waals surface area (Å²) in [6, 6.07) is 9.27. The van der Waals surface area contributed by atoms with Gasteiger partial charge in [0.1, 0.15) is 0 Å². The first-order valence-electron chi connectivity index (χ1n) is 5.54. The third-order valence-electron chi connectivity index (χ3n) is 2.52. The zero-order valence-corrected chi connectivity index (χ0v) is 9.83. The maximum absolute atomic E-state index is 11.7. The number of fused-ring (bicyclic) bond motifs is 1. The van der Waals surface area contributed by atoms with Crippen LogP contribution >= 0.6 is 0 Å². The molecule has 2 rings (SSSR count). The SMILES string of the molecule is CCOC(=O)C(C#N)c1nncc2ccccc12. The summed E-state index contributed by atoms with van der Waals surface area (Å²) in [5.74, 6) is -1.63. The number of ether oxygens (including phenoxy) is 1. The molecule has 18 heavy (non-hydrogen) atoms. The van der Waals surface area contributed by atoms with Crippen molar-refractivity contribution >= 4 is 16.7 Å². The Morgan fingerprint density at radius 1 is 1.50 bits per heavy atom. The van der Waals surface area contributed by atoms with Gasteiger partial charge in [-0.25, -0.2) is 0 Å². The van der Waals surface area contributed by atoms with Gasteiger partial charge in [-0.3, -0.25) is 4.79 Å². The first kappa shape index (κ1) is 12.0. The number of nitriles is 1. The fourth-order valence-corrected chi connectivity index (χ4v) is 1.71. The number of benzene rings is 1. The van der Waals surface area contributed by atoms with E-state index in [-0.39, 0.29) is 6.61 Å². The predicted molar refractivity (Wildman–Crippen MR) is 64.5 cm³/mol. The fraction of sp³-hybridized carbons (Fsp3) is 0.231. The second-order valence-electron chi connectivity index (χ2n) is 3.63. The first-order chi connectivity index (χ1) is 8.77. The molecule has 0 spiro atoms. The summed E-state index contributed by atoms with van der Waals surface area (Å²) in [7, 11) is 0. The van der Waals surface area contributed by atoms with E-state index in [4.69, 9.17) is 10.00 Å². The Balaban J connectivity index is 2.52. The largest absolute Gasteiger partial charge is 0.465 e. The standard InChI is InChI=1S/C13H11N3O2/c1-2-18-13(17)11(7-14)12-10-6-4-3-5-9(10)8-15-16-12/h3-6,8,11H,2H2,1H3. The Bertz CT molecular complexity index is 614. The minimum atomic E-state index is -1.04. The van der Waals surface area contributed by atoms with Crippen molar-refractivity contribution in [2.45, 2.75) is 12.8 Å². The fourth-order valence-electron chi connectivity index (χ4n) is 1.71. The van der Waals surface area contributed by atoms with Crippen molar-refractivity contribution in [3.05, 3.63) is 36.2 Å². The van der Waals surface area contributed by atoms with Gasteiger partial charge in [-0.15, -0.1) is 0 Å². The lowest BCUT2D eigenvalue weighted by Gasteiger charge is -2.09. The molecule has 1 aromatic carbocycles. The molecule has 0 amide bonds. The van der Waals surface area contributed by atoms with Crippen LogP contribution in [0.3, 0.4) is 0 Å². The van der Waals surface area contributed by atoms with Crippen LogP contribution in [0.1, 0.15) is 18.5 Å². The Labute approximate surface area is 104 Å². The molecule has 1 heterocycles. The van der Waals surface area contributed by atoms with Crippen molar-refractivity contribution in [3.8, 4) is 6.07 Å². The molecule has 0 aliphatic heterocycles. The van der Waals surface area contributed by atoms with E-state index in [1.165, 1.54) is 0 Å². The molecule has 0 radical (unpaired) electrons. The molecule has 0 bridgehead atoms. The smallest absolute Gasteiger partial charge is 0.329 e. The average molecular weight is 241 g/mol. The normalized spacial score (nSPS) is 11.8. The quantitative estimate of drug-likeness (QED) is 0.766. The molecule has 5 heteroatoms. The molecular weight excluding hydrogens is 230 g/mol. The monoisotopic (exact) mass is 241 g/mol. The molecule has 90 valence electrons. The lowest BCUT2D eigenvalue weighted by Crippen LogP contribution is -2.16. The van der Waals surface area contributed by atoms with Gasteiger partial charge in [-0.05, 0) is 6.92 Å². The van der Waals surface area contributed by atoms with Gasteiger partial charge in [0, 0.05) is 10.8 Å². The van der Waals surface area contributed by atoms with Gasteiger partial charge in [-0.1, -0.05) is 24.3 Å². The van der Waals surface area contributed by atoms with Crippen LogP contribution in [0.25, 0.3) is 10.8 Å². The summed E-state index contributed by atoms with van der Waals surface area (Å²) in [6.45, 7) is 1.93. The van der Waals surface area contributed by atoms with Crippen LogP contribution in [-0.4, -0.2) is 22.8 Å². The van der Waals surface area contributed by atoms with E-state index < -0.39 is 11.9 Å². The molecular formula is C13H11N3O2. The van der Waals surface area contributed by atoms with Gasteiger partial charge in [0.05, 0.1) is 24.6 Å². The minimum Gasteiger partial charge on any atom is -0.465 e. The van der Waals surface area contributed by atoms with Crippen LogP contribution in [0.15, 0.2) is 30.5 Å². The lowest BCUT2D eigenvalue weighted by atomic mass is 10.0. The zero-order chi connectivity index (χ0) is 13.0. The van der Waals surface area contributed by atoms with E-state index in [9.17, 15) is 4.79 Å². The zero-order valence-electron chi connectivity index (χ0n) is 9.83. The van der Waals surface area contributed by atoms with Crippen molar-refractivity contribution in [1.82, 2.24) is 10.2 Å². The maximum atomic E-state index is 11.7. The number of esters is 1. The molecule has 0 aliphatic carbocycles. The van der Waals surface area contributed by atoms with E-state index in [0.29, 0.717) is 5.69 Å². The third kappa shape index (κ3) is 2.13. The topological polar surface area (TPSA) is 75.9 Å².